The lowest BCUT2D eigenvalue weighted by Crippen LogP contribution is -2.33. The normalized spacial score (nSPS) is 17.1. The van der Waals surface area contributed by atoms with Crippen molar-refractivity contribution in [3.63, 3.8) is 0 Å². The van der Waals surface area contributed by atoms with Crippen LogP contribution in [-0.2, 0) is 14.8 Å². The maximum Gasteiger partial charge on any atom is 0.407 e. The molecule has 1 heterocycles. The Kier molecular flexibility index (Phi) is 11.0. The van der Waals surface area contributed by atoms with E-state index in [-0.39, 0.29) is 0 Å². The third-order valence-electron chi connectivity index (χ3n) is 8.28. The summed E-state index contributed by atoms with van der Waals surface area (Å²) in [5.74, 6) is 2.16. The van der Waals surface area contributed by atoms with Crippen LogP contribution in [0, 0.1) is 11.8 Å². The van der Waals surface area contributed by atoms with Crippen LogP contribution in [0.15, 0.2) is 71.6 Å². The van der Waals surface area contributed by atoms with Crippen LogP contribution < -0.4 is 20.7 Å². The molecule has 4 aromatic rings. The van der Waals surface area contributed by atoms with Crippen molar-refractivity contribution in [1.29, 1.82) is 0 Å². The van der Waals surface area contributed by atoms with Crippen molar-refractivity contribution >= 4 is 49.6 Å². The summed E-state index contributed by atoms with van der Waals surface area (Å²) in [7, 11) is -3.60. The molecule has 1 aliphatic rings. The van der Waals surface area contributed by atoms with Gasteiger partial charge in [0.15, 0.2) is 0 Å². The van der Waals surface area contributed by atoms with Crippen LogP contribution >= 0.6 is 0 Å². The highest BCUT2D eigenvalue weighted by atomic mass is 32.2. The van der Waals surface area contributed by atoms with Crippen LogP contribution in [0.5, 0.6) is 0 Å². The number of anilines is 2. The lowest BCUT2D eigenvalue weighted by molar-refractivity contribution is 0.0527. The molecule has 1 amide bonds. The third-order valence-corrected chi connectivity index (χ3v) is 9.77. The number of nitrogens with one attached hydrogen (secondary N) is 4. The predicted octanol–water partition coefficient (Wildman–Crippen LogP) is 6.70. The first-order chi connectivity index (χ1) is 22.1. The van der Waals surface area contributed by atoms with Crippen molar-refractivity contribution in [2.45, 2.75) is 69.8 Å². The first-order valence-corrected chi connectivity index (χ1v) is 17.7. The van der Waals surface area contributed by atoms with Crippen LogP contribution in [0.1, 0.15) is 59.3 Å². The van der Waals surface area contributed by atoms with Crippen LogP contribution in [-0.4, -0.2) is 56.3 Å². The molecule has 1 fully saturated rings. The topological polar surface area (TPSA) is 134 Å². The molecule has 5 rings (SSSR count). The molecule has 0 atom stereocenters. The Hall–Kier alpha value is -3.96. The summed E-state index contributed by atoms with van der Waals surface area (Å²) in [6, 6.07) is 20.9. The van der Waals surface area contributed by atoms with Gasteiger partial charge in [0.1, 0.15) is 11.4 Å². The fourth-order valence-corrected chi connectivity index (χ4v) is 7.21. The van der Waals surface area contributed by atoms with Gasteiger partial charge in [-0.2, -0.15) is 4.98 Å². The Balaban J connectivity index is 1.07. The molecule has 1 saturated carbocycles. The average Bonchev–Trinajstić information content (AvgIpc) is 3.03. The zero-order chi connectivity index (χ0) is 32.6. The number of fused-ring (bicyclic) bond motifs is 2. The molecule has 0 unspecified atom stereocenters. The Labute approximate surface area is 272 Å². The third kappa shape index (κ3) is 9.29. The van der Waals surface area contributed by atoms with Gasteiger partial charge in [-0.3, -0.25) is 0 Å². The zero-order valence-electron chi connectivity index (χ0n) is 27.0. The van der Waals surface area contributed by atoms with Crippen molar-refractivity contribution in [3.05, 3.63) is 66.7 Å². The summed E-state index contributed by atoms with van der Waals surface area (Å²) in [4.78, 5) is 21.7. The van der Waals surface area contributed by atoms with Gasteiger partial charge in [0, 0.05) is 37.0 Å². The largest absolute Gasteiger partial charge is 0.444 e. The van der Waals surface area contributed by atoms with Crippen LogP contribution in [0.2, 0.25) is 0 Å². The molecule has 3 aromatic carbocycles. The quantitative estimate of drug-likeness (QED) is 0.118. The second-order valence-corrected chi connectivity index (χ2v) is 14.8. The van der Waals surface area contributed by atoms with Gasteiger partial charge in [-0.25, -0.2) is 22.9 Å². The van der Waals surface area contributed by atoms with E-state index in [1.807, 2.05) is 75.4 Å². The second kappa shape index (κ2) is 15.1. The van der Waals surface area contributed by atoms with Crippen LogP contribution in [0.4, 0.5) is 16.6 Å². The number of hydrogen-bond donors (Lipinski definition) is 4. The molecule has 0 saturated heterocycles. The van der Waals surface area contributed by atoms with E-state index >= 15 is 0 Å². The SMILES string of the molecule is CC(C)(C)OC(=O)NCCCCNc1nc(NC[C@H]2CC[C@H](CNS(=O)(=O)c3cccc4ccccc34)CC2)nc2ccccc12. The molecule has 46 heavy (non-hydrogen) atoms. The lowest BCUT2D eigenvalue weighted by Gasteiger charge is -2.28. The molecule has 0 aliphatic heterocycles. The summed E-state index contributed by atoms with van der Waals surface area (Å²) in [6.45, 7) is 8.02. The van der Waals surface area contributed by atoms with E-state index in [4.69, 9.17) is 14.7 Å². The molecule has 11 heteroatoms. The molecule has 1 aromatic heterocycles. The number of benzene rings is 3. The number of rotatable bonds is 13. The van der Waals surface area contributed by atoms with Gasteiger partial charge < -0.3 is 20.7 Å². The maximum absolute atomic E-state index is 13.2. The summed E-state index contributed by atoms with van der Waals surface area (Å²) >= 11 is 0. The molecular weight excluding hydrogens is 600 g/mol. The van der Waals surface area contributed by atoms with Crippen molar-refractivity contribution in [3.8, 4) is 0 Å². The number of hydrogen-bond acceptors (Lipinski definition) is 8. The van der Waals surface area contributed by atoms with Crippen molar-refractivity contribution in [2.75, 3.05) is 36.8 Å². The van der Waals surface area contributed by atoms with E-state index in [2.05, 4.69) is 20.7 Å². The Morgan fingerprint density at radius 1 is 0.804 bits per heavy atom. The standard InChI is InChI=1S/C35H46N6O4S/c1-35(2,3)45-34(42)37-22-9-8-21-36-32-29-14-6-7-15-30(29)40-33(41-32)38-23-25-17-19-26(20-18-25)24-39-46(43,44)31-16-10-12-27-11-4-5-13-28(27)31/h4-7,10-16,25-26,39H,8-9,17-24H2,1-3H3,(H,37,42)(H2,36,38,40,41)/t25-,26-. The summed E-state index contributed by atoms with van der Waals surface area (Å²) < 4.78 is 34.5. The zero-order valence-corrected chi connectivity index (χ0v) is 27.8. The molecule has 246 valence electrons. The monoisotopic (exact) mass is 646 g/mol. The number of aromatic nitrogens is 2. The minimum Gasteiger partial charge on any atom is -0.444 e. The van der Waals surface area contributed by atoms with Crippen LogP contribution in [0.25, 0.3) is 21.7 Å². The number of unbranched alkanes of at least 4 members (excludes halogenated alkanes) is 1. The number of alkyl carbamates (subject to hydrolysis) is 1. The number of ether oxygens (including phenoxy) is 1. The first-order valence-electron chi connectivity index (χ1n) is 16.3. The summed E-state index contributed by atoms with van der Waals surface area (Å²) in [6.07, 6.45) is 5.25. The average molecular weight is 647 g/mol. The van der Waals surface area contributed by atoms with E-state index < -0.39 is 21.7 Å². The fraction of sp³-hybridized carbons (Fsp3) is 0.457. The number of nitrogens with zero attached hydrogens (tertiary/aromatic N) is 2. The van der Waals surface area contributed by atoms with E-state index in [0.29, 0.717) is 42.3 Å². The Morgan fingerprint density at radius 2 is 1.46 bits per heavy atom. The summed E-state index contributed by atoms with van der Waals surface area (Å²) in [5, 5.41) is 12.3. The molecule has 0 radical (unpaired) electrons. The first kappa shape index (κ1) is 33.4. The van der Waals surface area contributed by atoms with Gasteiger partial charge in [0.05, 0.1) is 10.4 Å². The highest BCUT2D eigenvalue weighted by Crippen LogP contribution is 2.30. The molecule has 1 aliphatic carbocycles. The lowest BCUT2D eigenvalue weighted by atomic mass is 9.82. The number of carbonyl (C=O) groups is 1. The molecular formula is C35H46N6O4S. The minimum atomic E-state index is -3.60. The van der Waals surface area contributed by atoms with E-state index in [1.54, 1.807) is 12.1 Å². The van der Waals surface area contributed by atoms with Gasteiger partial charge in [-0.05, 0) is 94.7 Å². The van der Waals surface area contributed by atoms with Crippen molar-refractivity contribution < 1.29 is 17.9 Å². The smallest absolute Gasteiger partial charge is 0.407 e. The second-order valence-electron chi connectivity index (χ2n) is 13.1. The van der Waals surface area contributed by atoms with Crippen LogP contribution in [0.3, 0.4) is 0 Å². The van der Waals surface area contributed by atoms with Gasteiger partial charge in [0.25, 0.3) is 0 Å². The summed E-state index contributed by atoms with van der Waals surface area (Å²) in [5.41, 5.74) is 0.364. The number of para-hydroxylation sites is 1. The molecule has 10 nitrogen and oxygen atoms in total. The van der Waals surface area contributed by atoms with Gasteiger partial charge in [-0.1, -0.05) is 48.5 Å². The van der Waals surface area contributed by atoms with E-state index in [9.17, 15) is 13.2 Å². The molecule has 4 N–H and O–H groups in total. The Bertz CT molecular complexity index is 1730. The fourth-order valence-electron chi connectivity index (χ4n) is 5.86. The molecule has 0 spiro atoms. The number of sulfonamides is 1. The van der Waals surface area contributed by atoms with E-state index in [1.165, 1.54) is 0 Å². The van der Waals surface area contributed by atoms with Gasteiger partial charge in [0.2, 0.25) is 16.0 Å². The number of carbonyl (C=O) groups excluding carboxylic acids is 1. The van der Waals surface area contributed by atoms with Gasteiger partial charge >= 0.3 is 6.09 Å². The van der Waals surface area contributed by atoms with Gasteiger partial charge in [-0.15, -0.1) is 0 Å². The van der Waals surface area contributed by atoms with Crippen molar-refractivity contribution in [1.82, 2.24) is 20.0 Å². The highest BCUT2D eigenvalue weighted by molar-refractivity contribution is 7.89. The highest BCUT2D eigenvalue weighted by Gasteiger charge is 2.24. The molecule has 0 bridgehead atoms. The minimum absolute atomic E-state index is 0.313. The Morgan fingerprint density at radius 3 is 2.22 bits per heavy atom. The predicted molar refractivity (Wildman–Crippen MR) is 185 cm³/mol. The maximum atomic E-state index is 13.2. The number of amides is 1. The van der Waals surface area contributed by atoms with Crippen molar-refractivity contribution in [2.24, 2.45) is 11.8 Å². The van der Waals surface area contributed by atoms with E-state index in [0.717, 1.165) is 72.6 Å².